The first kappa shape index (κ1) is 16.3. The van der Waals surface area contributed by atoms with E-state index < -0.39 is 11.5 Å². The molecule has 122 valence electrons. The number of nitrogens with one attached hydrogen (secondary N) is 1. The van der Waals surface area contributed by atoms with Crippen LogP contribution in [0.25, 0.3) is 11.0 Å². The van der Waals surface area contributed by atoms with Gasteiger partial charge in [0.2, 0.25) is 0 Å². The number of carbonyl (C=O) groups is 1. The summed E-state index contributed by atoms with van der Waals surface area (Å²) in [6, 6.07) is 7.81. The van der Waals surface area contributed by atoms with Gasteiger partial charge in [0, 0.05) is 17.6 Å². The van der Waals surface area contributed by atoms with Crippen molar-refractivity contribution in [2.75, 3.05) is 12.4 Å². The van der Waals surface area contributed by atoms with Gasteiger partial charge in [-0.3, -0.25) is 4.79 Å². The summed E-state index contributed by atoms with van der Waals surface area (Å²) in [5, 5.41) is 3.52. The fourth-order valence-electron chi connectivity index (χ4n) is 2.06. The van der Waals surface area contributed by atoms with Gasteiger partial charge in [0.1, 0.15) is 16.9 Å². The van der Waals surface area contributed by atoms with Crippen LogP contribution < -0.4 is 15.7 Å². The molecule has 0 atom stereocenters. The molecule has 1 amide bonds. The van der Waals surface area contributed by atoms with Gasteiger partial charge in [-0.1, -0.05) is 23.2 Å². The first-order valence-electron chi connectivity index (χ1n) is 6.72. The van der Waals surface area contributed by atoms with E-state index in [-0.39, 0.29) is 16.4 Å². The summed E-state index contributed by atoms with van der Waals surface area (Å²) >= 11 is 11.7. The average Bonchev–Trinajstić information content (AvgIpc) is 2.56. The minimum absolute atomic E-state index is 0.0975. The lowest BCUT2D eigenvalue weighted by molar-refractivity contribution is 0.102. The predicted molar refractivity (Wildman–Crippen MR) is 91.2 cm³/mol. The van der Waals surface area contributed by atoms with E-state index in [9.17, 15) is 9.59 Å². The summed E-state index contributed by atoms with van der Waals surface area (Å²) < 4.78 is 10.2. The molecule has 24 heavy (non-hydrogen) atoms. The van der Waals surface area contributed by atoms with Crippen molar-refractivity contribution >= 4 is 45.9 Å². The third kappa shape index (κ3) is 3.20. The van der Waals surface area contributed by atoms with E-state index in [1.54, 1.807) is 18.2 Å². The zero-order chi connectivity index (χ0) is 17.3. The van der Waals surface area contributed by atoms with Crippen LogP contribution in [0.1, 0.15) is 10.4 Å². The molecule has 0 aliphatic heterocycles. The van der Waals surface area contributed by atoms with Gasteiger partial charge < -0.3 is 14.5 Å². The second-order valence-electron chi connectivity index (χ2n) is 4.79. The van der Waals surface area contributed by atoms with Gasteiger partial charge in [-0.2, -0.15) is 0 Å². The molecule has 2 heterocycles. The van der Waals surface area contributed by atoms with Gasteiger partial charge in [-0.05, 0) is 24.3 Å². The smallest absolute Gasteiger partial charge is 0.349 e. The van der Waals surface area contributed by atoms with Crippen LogP contribution in [0.3, 0.4) is 0 Å². The molecule has 0 aliphatic rings. The number of hydrogen-bond donors (Lipinski definition) is 1. The Balaban J connectivity index is 1.97. The molecule has 0 aliphatic carbocycles. The lowest BCUT2D eigenvalue weighted by atomic mass is 10.1. The van der Waals surface area contributed by atoms with Crippen molar-refractivity contribution in [2.45, 2.75) is 0 Å². The van der Waals surface area contributed by atoms with E-state index in [2.05, 4.69) is 10.3 Å². The second-order valence-corrected chi connectivity index (χ2v) is 5.63. The zero-order valence-electron chi connectivity index (χ0n) is 12.3. The monoisotopic (exact) mass is 364 g/mol. The van der Waals surface area contributed by atoms with Crippen LogP contribution in [-0.2, 0) is 0 Å². The summed E-state index contributed by atoms with van der Waals surface area (Å²) in [6.45, 7) is 0. The van der Waals surface area contributed by atoms with E-state index in [1.165, 1.54) is 25.4 Å². The largest absolute Gasteiger partial charge is 0.497 e. The lowest BCUT2D eigenvalue weighted by Crippen LogP contribution is -2.21. The number of ether oxygens (including phenoxy) is 1. The molecule has 0 radical (unpaired) electrons. The Morgan fingerprint density at radius 2 is 2.04 bits per heavy atom. The normalized spacial score (nSPS) is 10.6. The van der Waals surface area contributed by atoms with Crippen LogP contribution in [0.4, 0.5) is 5.82 Å². The molecule has 1 aromatic carbocycles. The quantitative estimate of drug-likeness (QED) is 0.715. The number of halogens is 2. The van der Waals surface area contributed by atoms with Crippen molar-refractivity contribution < 1.29 is 13.9 Å². The summed E-state index contributed by atoms with van der Waals surface area (Å²) in [5.74, 6) is -0.0431. The highest BCUT2D eigenvalue weighted by molar-refractivity contribution is 6.36. The van der Waals surface area contributed by atoms with Gasteiger partial charge in [-0.15, -0.1) is 0 Å². The topological polar surface area (TPSA) is 81.4 Å². The van der Waals surface area contributed by atoms with Crippen LogP contribution in [0.2, 0.25) is 10.0 Å². The number of anilines is 1. The fourth-order valence-corrected chi connectivity index (χ4v) is 2.49. The highest BCUT2D eigenvalue weighted by atomic mass is 35.5. The molecule has 0 saturated carbocycles. The SMILES string of the molecule is COc1ccc2cc(C(=O)Nc3ncc(Cl)cc3Cl)c(=O)oc2c1. The summed E-state index contributed by atoms with van der Waals surface area (Å²) in [5.41, 5.74) is -0.627. The molecule has 0 unspecified atom stereocenters. The Bertz CT molecular complexity index is 1000. The van der Waals surface area contributed by atoms with Gasteiger partial charge >= 0.3 is 5.63 Å². The van der Waals surface area contributed by atoms with Crippen LogP contribution in [0, 0.1) is 0 Å². The number of pyridine rings is 1. The molecule has 0 spiro atoms. The molecule has 1 N–H and O–H groups in total. The third-order valence-corrected chi connectivity index (χ3v) is 3.72. The number of aromatic nitrogens is 1. The minimum Gasteiger partial charge on any atom is -0.497 e. The van der Waals surface area contributed by atoms with Gasteiger partial charge in [0.15, 0.2) is 5.82 Å². The zero-order valence-corrected chi connectivity index (χ0v) is 13.8. The highest BCUT2D eigenvalue weighted by Gasteiger charge is 2.16. The van der Waals surface area contributed by atoms with E-state index in [0.717, 1.165) is 0 Å². The maximum atomic E-state index is 12.3. The molecule has 6 nitrogen and oxygen atoms in total. The molecule has 3 aromatic rings. The summed E-state index contributed by atoms with van der Waals surface area (Å²) in [7, 11) is 1.50. The second kappa shape index (κ2) is 6.51. The Morgan fingerprint density at radius 3 is 2.75 bits per heavy atom. The number of hydrogen-bond acceptors (Lipinski definition) is 5. The maximum Gasteiger partial charge on any atom is 0.349 e. The molecule has 0 fully saturated rings. The fraction of sp³-hybridized carbons (Fsp3) is 0.0625. The minimum atomic E-state index is -0.779. The van der Waals surface area contributed by atoms with Crippen molar-refractivity contribution in [3.8, 4) is 5.75 Å². The summed E-state index contributed by atoms with van der Waals surface area (Å²) in [4.78, 5) is 28.3. The predicted octanol–water partition coefficient (Wildman–Crippen LogP) is 3.76. The standard InChI is InChI=1S/C16H10Cl2N2O4/c1-23-10-3-2-8-4-11(16(22)24-13(8)6-10)15(21)20-14-12(18)5-9(17)7-19-14/h2-7H,1H3,(H,19,20,21). The van der Waals surface area contributed by atoms with Crippen LogP contribution in [-0.4, -0.2) is 18.0 Å². The highest BCUT2D eigenvalue weighted by Crippen LogP contribution is 2.24. The molecule has 2 aromatic heterocycles. The number of benzene rings is 1. The molecule has 0 saturated heterocycles. The van der Waals surface area contributed by atoms with E-state index >= 15 is 0 Å². The number of methoxy groups -OCH3 is 1. The average molecular weight is 365 g/mol. The number of carbonyl (C=O) groups excluding carboxylic acids is 1. The maximum absolute atomic E-state index is 12.3. The van der Waals surface area contributed by atoms with Crippen LogP contribution in [0.15, 0.2) is 45.7 Å². The molecular weight excluding hydrogens is 355 g/mol. The van der Waals surface area contributed by atoms with Crippen molar-refractivity contribution in [3.63, 3.8) is 0 Å². The number of amides is 1. The van der Waals surface area contributed by atoms with Crippen molar-refractivity contribution in [1.29, 1.82) is 0 Å². The molecular formula is C16H10Cl2N2O4. The Kier molecular flexibility index (Phi) is 4.42. The first-order valence-corrected chi connectivity index (χ1v) is 7.48. The Morgan fingerprint density at radius 1 is 1.25 bits per heavy atom. The Hall–Kier alpha value is -2.57. The van der Waals surface area contributed by atoms with E-state index in [1.807, 2.05) is 0 Å². The first-order chi connectivity index (χ1) is 11.5. The third-order valence-electron chi connectivity index (χ3n) is 3.23. The van der Waals surface area contributed by atoms with Crippen molar-refractivity contribution in [1.82, 2.24) is 4.98 Å². The molecule has 3 rings (SSSR count). The number of nitrogens with zero attached hydrogens (tertiary/aromatic N) is 1. The van der Waals surface area contributed by atoms with Gasteiger partial charge in [-0.25, -0.2) is 9.78 Å². The van der Waals surface area contributed by atoms with Crippen molar-refractivity contribution in [2.24, 2.45) is 0 Å². The van der Waals surface area contributed by atoms with E-state index in [0.29, 0.717) is 21.7 Å². The summed E-state index contributed by atoms with van der Waals surface area (Å²) in [6.07, 6.45) is 1.33. The number of rotatable bonds is 3. The van der Waals surface area contributed by atoms with Gasteiger partial charge in [0.05, 0.1) is 17.2 Å². The molecule has 8 heteroatoms. The van der Waals surface area contributed by atoms with Crippen LogP contribution in [0.5, 0.6) is 5.75 Å². The lowest BCUT2D eigenvalue weighted by Gasteiger charge is -2.07. The Labute approximate surface area is 146 Å². The van der Waals surface area contributed by atoms with Crippen LogP contribution >= 0.6 is 23.2 Å². The van der Waals surface area contributed by atoms with Gasteiger partial charge in [0.25, 0.3) is 5.91 Å². The van der Waals surface area contributed by atoms with E-state index in [4.69, 9.17) is 32.4 Å². The number of fused-ring (bicyclic) bond motifs is 1. The van der Waals surface area contributed by atoms with Crippen molar-refractivity contribution in [3.05, 3.63) is 62.6 Å². The molecule has 0 bridgehead atoms.